The zero-order chi connectivity index (χ0) is 13.1. The fourth-order valence-corrected chi connectivity index (χ4v) is 2.37. The van der Waals surface area contributed by atoms with Crippen molar-refractivity contribution >= 4 is 27.5 Å². The number of rotatable bonds is 2. The molecule has 2 N–H and O–H groups in total. The monoisotopic (exact) mass is 318 g/mol. The van der Waals surface area contributed by atoms with Crippen LogP contribution in [0.5, 0.6) is 0 Å². The Bertz CT molecular complexity index is 438. The minimum atomic E-state index is -0.774. The van der Waals surface area contributed by atoms with E-state index in [4.69, 9.17) is 0 Å². The Kier molecular flexibility index (Phi) is 4.29. The van der Waals surface area contributed by atoms with Crippen LogP contribution in [-0.2, 0) is 4.79 Å². The summed E-state index contributed by atoms with van der Waals surface area (Å²) in [5.74, 6) is -2.06. The van der Waals surface area contributed by atoms with Gasteiger partial charge in [0.1, 0.15) is 5.69 Å². The molecule has 1 amide bonds. The van der Waals surface area contributed by atoms with Gasteiger partial charge in [0.05, 0.1) is 0 Å². The first-order valence-electron chi connectivity index (χ1n) is 5.74. The Balaban J connectivity index is 2.11. The topological polar surface area (TPSA) is 41.1 Å². The molecule has 1 aromatic carbocycles. The molecule has 0 aliphatic carbocycles. The Morgan fingerprint density at radius 3 is 2.39 bits per heavy atom. The van der Waals surface area contributed by atoms with Crippen LogP contribution in [0.2, 0.25) is 0 Å². The molecule has 0 aromatic heterocycles. The lowest BCUT2D eigenvalue weighted by molar-refractivity contribution is -0.120. The SMILES string of the molecule is O=C(Nc1c(F)cc(Br)cc1F)C1CCNCC1. The standard InChI is InChI=1S/C12H13BrF2N2O/c13-8-5-9(14)11(10(15)6-8)17-12(18)7-1-3-16-4-2-7/h5-7,16H,1-4H2,(H,17,18). The molecule has 1 aliphatic rings. The van der Waals surface area contributed by atoms with Gasteiger partial charge in [0.15, 0.2) is 11.6 Å². The molecule has 1 saturated heterocycles. The predicted molar refractivity (Wildman–Crippen MR) is 68.3 cm³/mol. The largest absolute Gasteiger partial charge is 0.321 e. The Morgan fingerprint density at radius 2 is 1.83 bits per heavy atom. The van der Waals surface area contributed by atoms with Gasteiger partial charge in [-0.25, -0.2) is 8.78 Å². The average molecular weight is 319 g/mol. The van der Waals surface area contributed by atoms with Crippen LogP contribution in [0, 0.1) is 17.6 Å². The molecule has 1 fully saturated rings. The summed E-state index contributed by atoms with van der Waals surface area (Å²) in [4.78, 5) is 11.9. The van der Waals surface area contributed by atoms with Gasteiger partial charge in [-0.1, -0.05) is 15.9 Å². The van der Waals surface area contributed by atoms with Gasteiger partial charge in [-0.2, -0.15) is 0 Å². The molecule has 6 heteroatoms. The first-order chi connectivity index (χ1) is 8.58. The van der Waals surface area contributed by atoms with Crippen molar-refractivity contribution in [3.63, 3.8) is 0 Å². The van der Waals surface area contributed by atoms with Gasteiger partial charge >= 0.3 is 0 Å². The third-order valence-electron chi connectivity index (χ3n) is 2.97. The Hall–Kier alpha value is -1.01. The van der Waals surface area contributed by atoms with Gasteiger partial charge in [-0.15, -0.1) is 0 Å². The highest BCUT2D eigenvalue weighted by atomic mass is 79.9. The summed E-state index contributed by atoms with van der Waals surface area (Å²) in [6.45, 7) is 1.51. The van der Waals surface area contributed by atoms with Crippen LogP contribution >= 0.6 is 15.9 Å². The van der Waals surface area contributed by atoms with E-state index in [1.165, 1.54) is 0 Å². The maximum Gasteiger partial charge on any atom is 0.227 e. The number of nitrogens with one attached hydrogen (secondary N) is 2. The first-order valence-corrected chi connectivity index (χ1v) is 6.53. The van der Waals surface area contributed by atoms with Crippen molar-refractivity contribution in [1.29, 1.82) is 0 Å². The molecule has 1 aliphatic heterocycles. The molecule has 0 radical (unpaired) electrons. The van der Waals surface area contributed by atoms with Gasteiger partial charge in [-0.3, -0.25) is 4.79 Å². The molecule has 3 nitrogen and oxygen atoms in total. The number of carbonyl (C=O) groups is 1. The smallest absolute Gasteiger partial charge is 0.227 e. The molecule has 1 heterocycles. The number of piperidine rings is 1. The van der Waals surface area contributed by atoms with E-state index >= 15 is 0 Å². The normalized spacial score (nSPS) is 16.6. The van der Waals surface area contributed by atoms with E-state index in [1.807, 2.05) is 0 Å². The van der Waals surface area contributed by atoms with Crippen molar-refractivity contribution in [2.24, 2.45) is 5.92 Å². The Morgan fingerprint density at radius 1 is 1.28 bits per heavy atom. The van der Waals surface area contributed by atoms with Gasteiger partial charge in [0, 0.05) is 10.4 Å². The number of amides is 1. The molecular formula is C12H13BrF2N2O. The van der Waals surface area contributed by atoms with E-state index in [-0.39, 0.29) is 17.5 Å². The van der Waals surface area contributed by atoms with E-state index < -0.39 is 11.6 Å². The van der Waals surface area contributed by atoms with Crippen molar-refractivity contribution in [2.75, 3.05) is 18.4 Å². The van der Waals surface area contributed by atoms with E-state index in [0.717, 1.165) is 25.2 Å². The van der Waals surface area contributed by atoms with Crippen molar-refractivity contribution in [3.8, 4) is 0 Å². The Labute approximate surface area is 112 Å². The summed E-state index contributed by atoms with van der Waals surface area (Å²) in [6, 6.07) is 2.25. The van der Waals surface area contributed by atoms with E-state index in [2.05, 4.69) is 26.6 Å². The van der Waals surface area contributed by atoms with Crippen LogP contribution in [0.15, 0.2) is 16.6 Å². The molecule has 98 valence electrons. The second kappa shape index (κ2) is 5.75. The number of benzene rings is 1. The minimum Gasteiger partial charge on any atom is -0.321 e. The summed E-state index contributed by atoms with van der Waals surface area (Å²) >= 11 is 2.99. The highest BCUT2D eigenvalue weighted by Crippen LogP contribution is 2.25. The van der Waals surface area contributed by atoms with Crippen LogP contribution in [0.4, 0.5) is 14.5 Å². The van der Waals surface area contributed by atoms with Gasteiger partial charge in [0.25, 0.3) is 0 Å². The molecule has 0 unspecified atom stereocenters. The average Bonchev–Trinajstić information content (AvgIpc) is 2.34. The number of hydrogen-bond donors (Lipinski definition) is 2. The zero-order valence-corrected chi connectivity index (χ0v) is 11.2. The molecule has 18 heavy (non-hydrogen) atoms. The van der Waals surface area contributed by atoms with Crippen LogP contribution in [0.3, 0.4) is 0 Å². The number of halogens is 3. The molecule has 0 spiro atoms. The third kappa shape index (κ3) is 3.05. The lowest BCUT2D eigenvalue weighted by Crippen LogP contribution is -2.34. The summed E-state index contributed by atoms with van der Waals surface area (Å²) in [5, 5.41) is 5.47. The predicted octanol–water partition coefficient (Wildman–Crippen LogP) is 2.67. The maximum absolute atomic E-state index is 13.5. The summed E-state index contributed by atoms with van der Waals surface area (Å²) in [6.07, 6.45) is 1.37. The van der Waals surface area contributed by atoms with Gasteiger partial charge < -0.3 is 10.6 Å². The quantitative estimate of drug-likeness (QED) is 0.880. The van der Waals surface area contributed by atoms with E-state index in [9.17, 15) is 13.6 Å². The van der Waals surface area contributed by atoms with Crippen molar-refractivity contribution in [3.05, 3.63) is 28.2 Å². The molecular weight excluding hydrogens is 306 g/mol. The van der Waals surface area contributed by atoms with E-state index in [0.29, 0.717) is 17.3 Å². The summed E-state index contributed by atoms with van der Waals surface area (Å²) in [5.41, 5.74) is -0.373. The molecule has 0 saturated carbocycles. The summed E-state index contributed by atoms with van der Waals surface area (Å²) in [7, 11) is 0. The lowest BCUT2D eigenvalue weighted by atomic mass is 9.97. The fraction of sp³-hybridized carbons (Fsp3) is 0.417. The number of hydrogen-bond acceptors (Lipinski definition) is 2. The summed E-state index contributed by atoms with van der Waals surface area (Å²) < 4.78 is 27.4. The van der Waals surface area contributed by atoms with Crippen LogP contribution < -0.4 is 10.6 Å². The highest BCUT2D eigenvalue weighted by Gasteiger charge is 2.23. The third-order valence-corrected chi connectivity index (χ3v) is 3.42. The molecule has 0 bridgehead atoms. The van der Waals surface area contributed by atoms with Crippen molar-refractivity contribution < 1.29 is 13.6 Å². The highest BCUT2D eigenvalue weighted by molar-refractivity contribution is 9.10. The molecule has 2 rings (SSSR count). The van der Waals surface area contributed by atoms with Crippen LogP contribution in [-0.4, -0.2) is 19.0 Å². The lowest BCUT2D eigenvalue weighted by Gasteiger charge is -2.22. The maximum atomic E-state index is 13.5. The second-order valence-electron chi connectivity index (χ2n) is 4.26. The van der Waals surface area contributed by atoms with Crippen LogP contribution in [0.25, 0.3) is 0 Å². The second-order valence-corrected chi connectivity index (χ2v) is 5.17. The zero-order valence-electron chi connectivity index (χ0n) is 9.60. The number of carbonyl (C=O) groups excluding carboxylic acids is 1. The van der Waals surface area contributed by atoms with Gasteiger partial charge in [-0.05, 0) is 38.1 Å². The molecule has 1 aromatic rings. The first kappa shape index (κ1) is 13.4. The van der Waals surface area contributed by atoms with Gasteiger partial charge in [0.2, 0.25) is 5.91 Å². The number of anilines is 1. The fourth-order valence-electron chi connectivity index (χ4n) is 1.97. The minimum absolute atomic E-state index is 0.186. The van der Waals surface area contributed by atoms with E-state index in [1.54, 1.807) is 0 Å². The van der Waals surface area contributed by atoms with Crippen molar-refractivity contribution in [1.82, 2.24) is 5.32 Å². The molecule has 0 atom stereocenters. The van der Waals surface area contributed by atoms with Crippen LogP contribution in [0.1, 0.15) is 12.8 Å². The van der Waals surface area contributed by atoms with Crippen molar-refractivity contribution in [2.45, 2.75) is 12.8 Å².